The molecule has 3 aromatic carbocycles. The number of halogens is 1. The lowest BCUT2D eigenvalue weighted by atomic mass is 10.1. The number of para-hydroxylation sites is 2. The molecule has 4 aromatic rings. The Morgan fingerprint density at radius 1 is 0.800 bits per heavy atom. The van der Waals surface area contributed by atoms with Crippen molar-refractivity contribution in [2.75, 3.05) is 10.6 Å². The van der Waals surface area contributed by atoms with Crippen LogP contribution in [0.3, 0.4) is 0 Å². The summed E-state index contributed by atoms with van der Waals surface area (Å²) < 4.78 is 13.6. The first-order chi connectivity index (χ1) is 14.5. The van der Waals surface area contributed by atoms with Crippen molar-refractivity contribution in [1.29, 1.82) is 0 Å². The van der Waals surface area contributed by atoms with Crippen LogP contribution in [0.1, 0.15) is 26.4 Å². The summed E-state index contributed by atoms with van der Waals surface area (Å²) in [5.41, 5.74) is 2.82. The van der Waals surface area contributed by atoms with E-state index < -0.39 is 5.82 Å². The molecule has 0 saturated heterocycles. The van der Waals surface area contributed by atoms with Crippen molar-refractivity contribution < 1.29 is 14.0 Å². The van der Waals surface area contributed by atoms with E-state index in [0.29, 0.717) is 39.1 Å². The number of hydrogen-bond acceptors (Lipinski definition) is 3. The summed E-state index contributed by atoms with van der Waals surface area (Å²) in [7, 11) is 0. The van der Waals surface area contributed by atoms with Gasteiger partial charge in [-0.3, -0.25) is 14.6 Å². The number of pyridine rings is 1. The predicted molar refractivity (Wildman–Crippen MR) is 115 cm³/mol. The first kappa shape index (κ1) is 19.3. The van der Waals surface area contributed by atoms with Crippen molar-refractivity contribution in [2.24, 2.45) is 0 Å². The molecule has 0 saturated carbocycles. The lowest BCUT2D eigenvalue weighted by molar-refractivity contribution is 0.101. The monoisotopic (exact) mass is 399 g/mol. The van der Waals surface area contributed by atoms with Crippen LogP contribution in [0, 0.1) is 12.7 Å². The highest BCUT2D eigenvalue weighted by atomic mass is 19.1. The fourth-order valence-corrected chi connectivity index (χ4v) is 3.20. The van der Waals surface area contributed by atoms with Crippen molar-refractivity contribution in [3.63, 3.8) is 0 Å². The summed E-state index contributed by atoms with van der Waals surface area (Å²) in [6.07, 6.45) is 0. The van der Waals surface area contributed by atoms with Gasteiger partial charge in [0.1, 0.15) is 5.82 Å². The molecule has 5 nitrogen and oxygen atoms in total. The SMILES string of the molecule is Cc1cc(C(=O)Nc2ccccc2NC(=O)c2ccccc2)c2ccc(F)cc2n1. The fraction of sp³-hybridized carbons (Fsp3) is 0.0417. The highest BCUT2D eigenvalue weighted by Crippen LogP contribution is 2.25. The fourth-order valence-electron chi connectivity index (χ4n) is 3.20. The van der Waals surface area contributed by atoms with Gasteiger partial charge in [-0.25, -0.2) is 4.39 Å². The highest BCUT2D eigenvalue weighted by molar-refractivity contribution is 6.14. The number of nitrogens with one attached hydrogen (secondary N) is 2. The van der Waals surface area contributed by atoms with Crippen LogP contribution in [-0.2, 0) is 0 Å². The van der Waals surface area contributed by atoms with Crippen molar-refractivity contribution in [3.8, 4) is 0 Å². The molecular weight excluding hydrogens is 381 g/mol. The first-order valence-corrected chi connectivity index (χ1v) is 9.35. The summed E-state index contributed by atoms with van der Waals surface area (Å²) in [5.74, 6) is -1.07. The van der Waals surface area contributed by atoms with Gasteiger partial charge in [0, 0.05) is 22.7 Å². The maximum absolute atomic E-state index is 13.6. The van der Waals surface area contributed by atoms with Crippen molar-refractivity contribution in [2.45, 2.75) is 6.92 Å². The highest BCUT2D eigenvalue weighted by Gasteiger charge is 2.15. The molecule has 6 heteroatoms. The number of amides is 2. The molecule has 0 bridgehead atoms. The van der Waals surface area contributed by atoms with E-state index in [1.165, 1.54) is 18.2 Å². The Bertz CT molecular complexity index is 1250. The van der Waals surface area contributed by atoms with Gasteiger partial charge in [0.05, 0.1) is 22.5 Å². The van der Waals surface area contributed by atoms with Crippen molar-refractivity contribution >= 4 is 34.1 Å². The molecule has 0 aliphatic rings. The van der Waals surface area contributed by atoms with Crippen LogP contribution in [0.4, 0.5) is 15.8 Å². The number of nitrogens with zero attached hydrogens (tertiary/aromatic N) is 1. The van der Waals surface area contributed by atoms with E-state index in [4.69, 9.17) is 0 Å². The van der Waals surface area contributed by atoms with Gasteiger partial charge in [-0.05, 0) is 49.4 Å². The third kappa shape index (κ3) is 4.03. The Kier molecular flexibility index (Phi) is 5.22. The molecule has 30 heavy (non-hydrogen) atoms. The molecule has 0 atom stereocenters. The van der Waals surface area contributed by atoms with E-state index in [2.05, 4.69) is 15.6 Å². The zero-order valence-electron chi connectivity index (χ0n) is 16.1. The molecule has 1 heterocycles. The lowest BCUT2D eigenvalue weighted by Crippen LogP contribution is -2.17. The predicted octanol–water partition coefficient (Wildman–Crippen LogP) is 5.19. The van der Waals surface area contributed by atoms with Crippen LogP contribution in [0.2, 0.25) is 0 Å². The standard InChI is InChI=1S/C24H18FN3O2/c1-15-13-19(18-12-11-17(25)14-22(18)26-15)24(30)28-21-10-6-5-9-20(21)27-23(29)16-7-3-2-4-8-16/h2-14H,1H3,(H,27,29)(H,28,30). The van der Waals surface area contributed by atoms with E-state index in [0.717, 1.165) is 0 Å². The second kappa shape index (κ2) is 8.13. The number of carbonyl (C=O) groups is 2. The Morgan fingerprint density at radius 2 is 1.43 bits per heavy atom. The van der Waals surface area contributed by atoms with Crippen molar-refractivity contribution in [3.05, 3.63) is 102 Å². The summed E-state index contributed by atoms with van der Waals surface area (Å²) in [5, 5.41) is 6.21. The summed E-state index contributed by atoms with van der Waals surface area (Å²) in [6.45, 7) is 1.75. The minimum atomic E-state index is -0.416. The van der Waals surface area contributed by atoms with Gasteiger partial charge in [0.15, 0.2) is 0 Å². The molecule has 1 aromatic heterocycles. The quantitative estimate of drug-likeness (QED) is 0.496. The number of aromatic nitrogens is 1. The summed E-state index contributed by atoms with van der Waals surface area (Å²) in [6, 6.07) is 21.5. The molecule has 4 rings (SSSR count). The zero-order valence-corrected chi connectivity index (χ0v) is 16.1. The number of carbonyl (C=O) groups excluding carboxylic acids is 2. The van der Waals surface area contributed by atoms with E-state index in [9.17, 15) is 14.0 Å². The van der Waals surface area contributed by atoms with Gasteiger partial charge in [-0.15, -0.1) is 0 Å². The molecule has 0 spiro atoms. The molecular formula is C24H18FN3O2. The molecule has 0 fully saturated rings. The Balaban J connectivity index is 1.64. The van der Waals surface area contributed by atoms with E-state index in [1.54, 1.807) is 61.5 Å². The second-order valence-electron chi connectivity index (χ2n) is 6.79. The number of hydrogen-bond donors (Lipinski definition) is 2. The average Bonchev–Trinajstić information content (AvgIpc) is 2.74. The maximum Gasteiger partial charge on any atom is 0.256 e. The minimum Gasteiger partial charge on any atom is -0.320 e. The van der Waals surface area contributed by atoms with Gasteiger partial charge in [-0.2, -0.15) is 0 Å². The average molecular weight is 399 g/mol. The van der Waals surface area contributed by atoms with Gasteiger partial charge in [0.25, 0.3) is 11.8 Å². The van der Waals surface area contributed by atoms with Crippen LogP contribution >= 0.6 is 0 Å². The Labute approximate surface area is 172 Å². The molecule has 0 unspecified atom stereocenters. The number of rotatable bonds is 4. The summed E-state index contributed by atoms with van der Waals surface area (Å²) >= 11 is 0. The van der Waals surface area contributed by atoms with Crippen LogP contribution in [0.5, 0.6) is 0 Å². The van der Waals surface area contributed by atoms with Crippen LogP contribution in [-0.4, -0.2) is 16.8 Å². The van der Waals surface area contributed by atoms with Crippen molar-refractivity contribution in [1.82, 2.24) is 4.98 Å². The first-order valence-electron chi connectivity index (χ1n) is 9.35. The minimum absolute atomic E-state index is 0.280. The number of benzene rings is 3. The van der Waals surface area contributed by atoms with E-state index >= 15 is 0 Å². The third-order valence-electron chi connectivity index (χ3n) is 4.60. The number of fused-ring (bicyclic) bond motifs is 1. The van der Waals surface area contributed by atoms with Gasteiger partial charge in [0.2, 0.25) is 0 Å². The van der Waals surface area contributed by atoms with Crippen LogP contribution < -0.4 is 10.6 Å². The summed E-state index contributed by atoms with van der Waals surface area (Å²) in [4.78, 5) is 29.8. The molecule has 2 N–H and O–H groups in total. The second-order valence-corrected chi connectivity index (χ2v) is 6.79. The molecule has 2 amide bonds. The van der Waals surface area contributed by atoms with E-state index in [-0.39, 0.29) is 11.8 Å². The number of aryl methyl sites for hydroxylation is 1. The van der Waals surface area contributed by atoms with Gasteiger partial charge >= 0.3 is 0 Å². The normalized spacial score (nSPS) is 10.6. The van der Waals surface area contributed by atoms with Crippen LogP contribution in [0.25, 0.3) is 10.9 Å². The topological polar surface area (TPSA) is 71.1 Å². The Morgan fingerprint density at radius 3 is 2.13 bits per heavy atom. The smallest absolute Gasteiger partial charge is 0.256 e. The van der Waals surface area contributed by atoms with Gasteiger partial charge < -0.3 is 10.6 Å². The molecule has 0 radical (unpaired) electrons. The lowest BCUT2D eigenvalue weighted by Gasteiger charge is -2.13. The maximum atomic E-state index is 13.6. The molecule has 0 aliphatic heterocycles. The Hall–Kier alpha value is -4.06. The zero-order chi connectivity index (χ0) is 21.1. The molecule has 148 valence electrons. The van der Waals surface area contributed by atoms with Gasteiger partial charge in [-0.1, -0.05) is 30.3 Å². The number of anilines is 2. The van der Waals surface area contributed by atoms with Crippen LogP contribution in [0.15, 0.2) is 78.9 Å². The molecule has 0 aliphatic carbocycles. The van der Waals surface area contributed by atoms with E-state index in [1.807, 2.05) is 6.07 Å². The third-order valence-corrected chi connectivity index (χ3v) is 4.60. The largest absolute Gasteiger partial charge is 0.320 e.